The average Bonchev–Trinajstić information content (AvgIpc) is 2.13. The SMILES string of the molecule is C=C/C=c1/[nH]c(=O)[nH]c1=C. The summed E-state index contributed by atoms with van der Waals surface area (Å²) in [7, 11) is 0. The second kappa shape index (κ2) is 2.39. The zero-order valence-electron chi connectivity index (χ0n) is 5.48. The highest BCUT2D eigenvalue weighted by Crippen LogP contribution is 1.57. The van der Waals surface area contributed by atoms with E-state index in [1.54, 1.807) is 12.2 Å². The molecule has 2 N–H and O–H groups in total. The number of H-pyrrole nitrogens is 2. The number of hydrogen-bond donors (Lipinski definition) is 2. The van der Waals surface area contributed by atoms with Crippen molar-refractivity contribution in [2.75, 3.05) is 0 Å². The minimum atomic E-state index is -0.238. The normalized spacial score (nSPS) is 11.8. The molecule has 3 heteroatoms. The number of aromatic nitrogens is 2. The van der Waals surface area contributed by atoms with Crippen LogP contribution in [0.3, 0.4) is 0 Å². The van der Waals surface area contributed by atoms with Crippen LogP contribution in [-0.4, -0.2) is 9.97 Å². The fourth-order valence-corrected chi connectivity index (χ4v) is 0.693. The molecule has 1 rings (SSSR count). The average molecular weight is 136 g/mol. The number of imidazole rings is 1. The van der Waals surface area contributed by atoms with Gasteiger partial charge < -0.3 is 9.97 Å². The van der Waals surface area contributed by atoms with Crippen LogP contribution in [0.4, 0.5) is 0 Å². The van der Waals surface area contributed by atoms with E-state index >= 15 is 0 Å². The lowest BCUT2D eigenvalue weighted by Crippen LogP contribution is -2.21. The molecule has 0 saturated carbocycles. The maximum Gasteiger partial charge on any atom is 0.323 e. The van der Waals surface area contributed by atoms with E-state index in [1.807, 2.05) is 0 Å². The topological polar surface area (TPSA) is 48.6 Å². The van der Waals surface area contributed by atoms with Crippen LogP contribution in [0.1, 0.15) is 0 Å². The Morgan fingerprint density at radius 1 is 1.40 bits per heavy atom. The van der Waals surface area contributed by atoms with E-state index in [2.05, 4.69) is 23.1 Å². The number of allylic oxidation sites excluding steroid dienone is 1. The molecule has 1 heterocycles. The van der Waals surface area contributed by atoms with Crippen molar-refractivity contribution in [3.63, 3.8) is 0 Å². The van der Waals surface area contributed by atoms with E-state index in [4.69, 9.17) is 0 Å². The predicted octanol–water partition coefficient (Wildman–Crippen LogP) is -0.920. The molecule has 3 nitrogen and oxygen atoms in total. The first-order chi connectivity index (χ1) is 4.74. The first kappa shape index (κ1) is 6.61. The summed E-state index contributed by atoms with van der Waals surface area (Å²) >= 11 is 0. The lowest BCUT2D eigenvalue weighted by Gasteiger charge is -1.69. The molecule has 52 valence electrons. The molecule has 10 heavy (non-hydrogen) atoms. The molecule has 1 aromatic rings. The highest BCUT2D eigenvalue weighted by Gasteiger charge is 1.83. The summed E-state index contributed by atoms with van der Waals surface area (Å²) in [6, 6.07) is 0. The van der Waals surface area contributed by atoms with Gasteiger partial charge >= 0.3 is 5.69 Å². The van der Waals surface area contributed by atoms with Crippen molar-refractivity contribution in [3.8, 4) is 0 Å². The molecule has 0 radical (unpaired) electrons. The molecule has 0 bridgehead atoms. The van der Waals surface area contributed by atoms with Gasteiger partial charge in [-0.1, -0.05) is 19.2 Å². The summed E-state index contributed by atoms with van der Waals surface area (Å²) in [5, 5.41) is 1.27. The van der Waals surface area contributed by atoms with Crippen molar-refractivity contribution in [1.82, 2.24) is 9.97 Å². The number of aromatic amines is 2. The minimum Gasteiger partial charge on any atom is -0.306 e. The van der Waals surface area contributed by atoms with Crippen molar-refractivity contribution >= 4 is 12.7 Å². The number of hydrogen-bond acceptors (Lipinski definition) is 1. The largest absolute Gasteiger partial charge is 0.323 e. The van der Waals surface area contributed by atoms with E-state index in [1.165, 1.54) is 0 Å². The zero-order chi connectivity index (χ0) is 7.56. The van der Waals surface area contributed by atoms with Gasteiger partial charge in [0.25, 0.3) is 0 Å². The van der Waals surface area contributed by atoms with Crippen LogP contribution in [0, 0.1) is 0 Å². The summed E-state index contributed by atoms with van der Waals surface area (Å²) in [6.07, 6.45) is 3.27. The summed E-state index contributed by atoms with van der Waals surface area (Å²) in [6.45, 7) is 7.08. The summed E-state index contributed by atoms with van der Waals surface area (Å²) in [5.41, 5.74) is -0.238. The minimum absolute atomic E-state index is 0.238. The van der Waals surface area contributed by atoms with Crippen LogP contribution in [0.5, 0.6) is 0 Å². The van der Waals surface area contributed by atoms with Crippen molar-refractivity contribution in [1.29, 1.82) is 0 Å². The van der Waals surface area contributed by atoms with Crippen LogP contribution in [-0.2, 0) is 0 Å². The quantitative estimate of drug-likeness (QED) is 0.515. The summed E-state index contributed by atoms with van der Waals surface area (Å²) in [4.78, 5) is 15.6. The molecular formula is C7H8N2O. The van der Waals surface area contributed by atoms with Gasteiger partial charge in [-0.25, -0.2) is 4.79 Å². The molecule has 0 unspecified atom stereocenters. The van der Waals surface area contributed by atoms with Gasteiger partial charge in [-0.3, -0.25) is 0 Å². The van der Waals surface area contributed by atoms with Crippen LogP contribution >= 0.6 is 0 Å². The van der Waals surface area contributed by atoms with Crippen LogP contribution < -0.4 is 16.4 Å². The Kier molecular flexibility index (Phi) is 1.58. The Balaban J connectivity index is 3.57. The second-order valence-corrected chi connectivity index (χ2v) is 1.87. The Hall–Kier alpha value is -1.51. The maximum atomic E-state index is 10.6. The molecule has 0 aromatic carbocycles. The van der Waals surface area contributed by atoms with Crippen LogP contribution in [0.2, 0.25) is 0 Å². The highest BCUT2D eigenvalue weighted by atomic mass is 16.1. The third-order valence-electron chi connectivity index (χ3n) is 1.12. The summed E-state index contributed by atoms with van der Waals surface area (Å²) in [5.74, 6) is 0. The van der Waals surface area contributed by atoms with Gasteiger partial charge in [0.1, 0.15) is 0 Å². The van der Waals surface area contributed by atoms with Gasteiger partial charge in [0, 0.05) is 0 Å². The highest BCUT2D eigenvalue weighted by molar-refractivity contribution is 5.31. The Labute approximate surface area is 57.4 Å². The third kappa shape index (κ3) is 1.07. The fourth-order valence-electron chi connectivity index (χ4n) is 0.693. The molecule has 0 saturated heterocycles. The van der Waals surface area contributed by atoms with Crippen LogP contribution in [0.15, 0.2) is 17.4 Å². The van der Waals surface area contributed by atoms with Gasteiger partial charge in [-0.15, -0.1) is 0 Å². The first-order valence-corrected chi connectivity index (χ1v) is 2.84. The van der Waals surface area contributed by atoms with Crippen LogP contribution in [0.25, 0.3) is 12.7 Å². The van der Waals surface area contributed by atoms with Crippen molar-refractivity contribution in [2.24, 2.45) is 0 Å². The lowest BCUT2D eigenvalue weighted by molar-refractivity contribution is 1.17. The monoisotopic (exact) mass is 136 g/mol. The van der Waals surface area contributed by atoms with E-state index in [0.29, 0.717) is 10.7 Å². The molecule has 0 aliphatic carbocycles. The van der Waals surface area contributed by atoms with Gasteiger partial charge in [0.2, 0.25) is 0 Å². The Bertz CT molecular complexity index is 382. The Morgan fingerprint density at radius 3 is 2.50 bits per heavy atom. The fraction of sp³-hybridized carbons (Fsp3) is 0. The van der Waals surface area contributed by atoms with Gasteiger partial charge in [0.05, 0.1) is 10.7 Å². The molecule has 0 fully saturated rings. The number of rotatable bonds is 1. The third-order valence-corrected chi connectivity index (χ3v) is 1.12. The lowest BCUT2D eigenvalue weighted by atomic mass is 10.5. The van der Waals surface area contributed by atoms with E-state index in [-0.39, 0.29) is 5.69 Å². The maximum absolute atomic E-state index is 10.6. The van der Waals surface area contributed by atoms with E-state index < -0.39 is 0 Å². The van der Waals surface area contributed by atoms with Crippen molar-refractivity contribution < 1.29 is 0 Å². The molecule has 0 aliphatic heterocycles. The zero-order valence-corrected chi connectivity index (χ0v) is 5.48. The number of nitrogens with one attached hydrogen (secondary N) is 2. The van der Waals surface area contributed by atoms with Gasteiger partial charge in [0.15, 0.2) is 0 Å². The smallest absolute Gasteiger partial charge is 0.306 e. The molecular weight excluding hydrogens is 128 g/mol. The van der Waals surface area contributed by atoms with Crippen molar-refractivity contribution in [2.45, 2.75) is 0 Å². The molecule has 0 atom stereocenters. The first-order valence-electron chi connectivity index (χ1n) is 2.84. The summed E-state index contributed by atoms with van der Waals surface area (Å²) < 4.78 is 0. The van der Waals surface area contributed by atoms with E-state index in [0.717, 1.165) is 0 Å². The van der Waals surface area contributed by atoms with Gasteiger partial charge in [-0.05, 0) is 6.08 Å². The van der Waals surface area contributed by atoms with E-state index in [9.17, 15) is 4.79 Å². The van der Waals surface area contributed by atoms with Crippen molar-refractivity contribution in [3.05, 3.63) is 33.8 Å². The molecule has 0 amide bonds. The molecule has 0 spiro atoms. The second-order valence-electron chi connectivity index (χ2n) is 1.87. The predicted molar refractivity (Wildman–Crippen MR) is 40.8 cm³/mol. The molecule has 1 aromatic heterocycles. The standard InChI is InChI=1S/C7H8N2O/c1-3-4-6-5(2)8-7(10)9-6/h3-4H,1-2H2,(H2,8,9,10)/b6-4+. The van der Waals surface area contributed by atoms with Gasteiger partial charge in [-0.2, -0.15) is 0 Å². The molecule has 0 aliphatic rings. The Morgan fingerprint density at radius 2 is 2.10 bits per heavy atom.